The summed E-state index contributed by atoms with van der Waals surface area (Å²) in [5.74, 6) is 0. The second-order valence-corrected chi connectivity index (χ2v) is 0.862. The quantitative estimate of drug-likeness (QED) is 0.636. The Hall–Kier alpha value is 0.682. The van der Waals surface area contributed by atoms with Crippen LogP contribution in [0.3, 0.4) is 0 Å². The number of rotatable bonds is 1. The maximum atomic E-state index is 9.01. The second-order valence-electron chi connectivity index (χ2n) is 0.287. The maximum absolute atomic E-state index is 9.01. The number of hydrogen-bond acceptors (Lipinski definition) is 2. The Labute approximate surface area is 49.2 Å². The van der Waals surface area contributed by atoms with Gasteiger partial charge in [0.2, 0.25) is 0 Å². The Morgan fingerprint density at radius 3 is 2.00 bits per heavy atom. The van der Waals surface area contributed by atoms with Gasteiger partial charge in [0, 0.05) is 20.4 Å². The first-order valence-electron chi connectivity index (χ1n) is 0.816. The Bertz CT molecular complexity index is 23.6. The van der Waals surface area contributed by atoms with Gasteiger partial charge in [-0.25, -0.2) is 5.62 Å². The molecule has 1 nitrogen and oxygen atoms in total. The summed E-state index contributed by atoms with van der Waals surface area (Å²) in [6.07, 6.45) is 1.67. The fraction of sp³-hybridized carbons (Fsp3) is 0.500. The SMILES string of the molecule is CS[C-]=O.[Re]. The van der Waals surface area contributed by atoms with E-state index in [0.29, 0.717) is 0 Å². The third-order valence-electron chi connectivity index (χ3n) is 0.0833. The summed E-state index contributed by atoms with van der Waals surface area (Å²) in [6.45, 7) is 0. The summed E-state index contributed by atoms with van der Waals surface area (Å²) in [6, 6.07) is 0. The van der Waals surface area contributed by atoms with Crippen LogP contribution in [-0.2, 0) is 25.2 Å². The van der Waals surface area contributed by atoms with Crippen molar-refractivity contribution in [2.75, 3.05) is 6.26 Å². The van der Waals surface area contributed by atoms with Crippen molar-refractivity contribution >= 4 is 17.4 Å². The molecule has 0 bridgehead atoms. The molecule has 31 valence electrons. The third-order valence-corrected chi connectivity index (χ3v) is 0.250. The Balaban J connectivity index is 0. The van der Waals surface area contributed by atoms with Gasteiger partial charge in [-0.15, -0.1) is 0 Å². The van der Waals surface area contributed by atoms with Gasteiger partial charge in [0.1, 0.15) is 0 Å². The molecule has 0 N–H and O–H groups in total. The summed E-state index contributed by atoms with van der Waals surface area (Å²) in [5.41, 5.74) is 1.60. The molecular weight excluding hydrogens is 258 g/mol. The predicted octanol–water partition coefficient (Wildman–Crippen LogP) is 0.414. The van der Waals surface area contributed by atoms with Crippen LogP contribution in [-0.4, -0.2) is 11.9 Å². The van der Waals surface area contributed by atoms with Crippen molar-refractivity contribution in [3.63, 3.8) is 0 Å². The molecule has 0 spiro atoms. The van der Waals surface area contributed by atoms with Crippen molar-refractivity contribution in [3.8, 4) is 0 Å². The topological polar surface area (TPSA) is 17.1 Å². The van der Waals surface area contributed by atoms with Crippen LogP contribution in [0.2, 0.25) is 0 Å². The number of carbonyl (C=O) groups excluding carboxylic acids is 1. The first-order chi connectivity index (χ1) is 1.91. The minimum Gasteiger partial charge on any atom is -0.530 e. The molecule has 3 heteroatoms. The molecule has 0 heterocycles. The van der Waals surface area contributed by atoms with E-state index in [1.807, 2.05) is 0 Å². The molecule has 5 heavy (non-hydrogen) atoms. The maximum Gasteiger partial charge on any atom is 0 e. The molecule has 0 aromatic rings. The molecule has 0 saturated heterocycles. The van der Waals surface area contributed by atoms with Crippen LogP contribution in [0.5, 0.6) is 0 Å². The minimum atomic E-state index is 0. The Morgan fingerprint density at radius 2 is 2.00 bits per heavy atom. The second kappa shape index (κ2) is 8.82. The van der Waals surface area contributed by atoms with Crippen molar-refractivity contribution < 1.29 is 25.2 Å². The molecule has 0 aromatic carbocycles. The molecule has 0 aliphatic rings. The molecule has 1 radical (unpaired) electrons. The van der Waals surface area contributed by atoms with Gasteiger partial charge < -0.3 is 16.6 Å². The van der Waals surface area contributed by atoms with E-state index < -0.39 is 0 Å². The summed E-state index contributed by atoms with van der Waals surface area (Å²) in [4.78, 5) is 9.01. The van der Waals surface area contributed by atoms with E-state index in [1.165, 1.54) is 0 Å². The van der Waals surface area contributed by atoms with Crippen LogP contribution in [0.15, 0.2) is 0 Å². The zero-order valence-electron chi connectivity index (χ0n) is 2.69. The van der Waals surface area contributed by atoms with E-state index in [0.717, 1.165) is 11.8 Å². The van der Waals surface area contributed by atoms with Crippen LogP contribution < -0.4 is 0 Å². The molecule has 0 aromatic heterocycles. The molecule has 0 saturated carbocycles. The fourth-order valence-corrected chi connectivity index (χ4v) is 0. The van der Waals surface area contributed by atoms with Crippen molar-refractivity contribution in [2.24, 2.45) is 0 Å². The normalized spacial score (nSPS) is 5.00. The molecule has 0 amide bonds. The van der Waals surface area contributed by atoms with E-state index in [9.17, 15) is 0 Å². The zero-order chi connectivity index (χ0) is 3.41. The van der Waals surface area contributed by atoms with Crippen molar-refractivity contribution in [3.05, 3.63) is 0 Å². The smallest absolute Gasteiger partial charge is 0 e. The van der Waals surface area contributed by atoms with Crippen molar-refractivity contribution in [1.82, 2.24) is 0 Å². The average molecular weight is 261 g/mol. The average Bonchev–Trinajstić information content (AvgIpc) is 1.37. The van der Waals surface area contributed by atoms with Gasteiger partial charge in [-0.1, -0.05) is 0 Å². The van der Waals surface area contributed by atoms with Crippen LogP contribution >= 0.6 is 11.8 Å². The standard InChI is InChI=1S/C2H3OS.Re/c1-4-2-3;/h1H3;/q-1;. The molecule has 0 aliphatic heterocycles. The summed E-state index contributed by atoms with van der Waals surface area (Å²) < 4.78 is 0. The summed E-state index contributed by atoms with van der Waals surface area (Å²) >= 11 is 1.05. The van der Waals surface area contributed by atoms with Crippen LogP contribution in [0.4, 0.5) is 0 Å². The van der Waals surface area contributed by atoms with E-state index >= 15 is 0 Å². The summed E-state index contributed by atoms with van der Waals surface area (Å²) in [5, 5.41) is 0. The molecule has 0 aliphatic carbocycles. The molecule has 0 unspecified atom stereocenters. The molecule has 0 atom stereocenters. The van der Waals surface area contributed by atoms with Gasteiger partial charge in [0.25, 0.3) is 0 Å². The first-order valence-corrected chi connectivity index (χ1v) is 2.04. The summed E-state index contributed by atoms with van der Waals surface area (Å²) in [7, 11) is 0. The van der Waals surface area contributed by atoms with E-state index in [1.54, 1.807) is 11.9 Å². The van der Waals surface area contributed by atoms with Crippen LogP contribution in [0.25, 0.3) is 0 Å². The fourth-order valence-electron chi connectivity index (χ4n) is 0. The molecular formula is C2H3OReS-. The molecule has 0 rings (SSSR count). The Kier molecular flexibility index (Phi) is 16.2. The van der Waals surface area contributed by atoms with Gasteiger partial charge in [-0.3, -0.25) is 0 Å². The van der Waals surface area contributed by atoms with Crippen molar-refractivity contribution in [2.45, 2.75) is 0 Å². The number of thioether (sulfide) groups is 1. The predicted molar refractivity (Wildman–Crippen MR) is 19.2 cm³/mol. The number of hydrogen-bond donors (Lipinski definition) is 0. The van der Waals surface area contributed by atoms with E-state index in [-0.39, 0.29) is 20.4 Å². The molecule has 0 fully saturated rings. The van der Waals surface area contributed by atoms with E-state index in [4.69, 9.17) is 4.79 Å². The van der Waals surface area contributed by atoms with Gasteiger partial charge in [-0.05, 0) is 6.26 Å². The van der Waals surface area contributed by atoms with Gasteiger partial charge in [0.05, 0.1) is 0 Å². The zero-order valence-corrected chi connectivity index (χ0v) is 6.23. The van der Waals surface area contributed by atoms with Crippen molar-refractivity contribution in [1.29, 1.82) is 0 Å². The Morgan fingerprint density at radius 1 is 1.80 bits per heavy atom. The largest absolute Gasteiger partial charge is 0.530 e. The monoisotopic (exact) mass is 262 g/mol. The van der Waals surface area contributed by atoms with E-state index in [2.05, 4.69) is 0 Å². The van der Waals surface area contributed by atoms with Crippen LogP contribution in [0, 0.1) is 0 Å². The minimum absolute atomic E-state index is 0. The van der Waals surface area contributed by atoms with Crippen LogP contribution in [0.1, 0.15) is 0 Å². The third kappa shape index (κ3) is 11.9. The first kappa shape index (κ1) is 9.19. The van der Waals surface area contributed by atoms with Gasteiger partial charge in [0.15, 0.2) is 0 Å². The van der Waals surface area contributed by atoms with Gasteiger partial charge >= 0.3 is 0 Å². The van der Waals surface area contributed by atoms with Gasteiger partial charge in [-0.2, -0.15) is 0 Å².